The molecule has 0 bridgehead atoms. The summed E-state index contributed by atoms with van der Waals surface area (Å²) in [5.74, 6) is -0.00164. The Kier molecular flexibility index (Phi) is 8.05. The van der Waals surface area contributed by atoms with E-state index in [1.54, 1.807) is 23.9 Å². The Morgan fingerprint density at radius 3 is 2.68 bits per heavy atom. The monoisotopic (exact) mass is 448 g/mol. The summed E-state index contributed by atoms with van der Waals surface area (Å²) in [7, 11) is 1.76. The smallest absolute Gasteiger partial charge is 0.274 e. The minimum absolute atomic E-state index is 0.202. The quantitative estimate of drug-likeness (QED) is 0.540. The molecule has 1 fully saturated rings. The Bertz CT molecular complexity index is 901. The van der Waals surface area contributed by atoms with Gasteiger partial charge in [-0.05, 0) is 24.8 Å². The van der Waals surface area contributed by atoms with Crippen molar-refractivity contribution in [3.05, 3.63) is 28.5 Å². The van der Waals surface area contributed by atoms with Crippen LogP contribution < -0.4 is 16.4 Å². The van der Waals surface area contributed by atoms with Gasteiger partial charge in [0.25, 0.3) is 11.8 Å². The first kappa shape index (κ1) is 23.2. The number of carbonyl (C=O) groups is 2. The molecule has 2 aromatic heterocycles. The highest BCUT2D eigenvalue weighted by atomic mass is 32.1. The molecular weight excluding hydrogens is 416 g/mol. The van der Waals surface area contributed by atoms with Crippen molar-refractivity contribution in [2.24, 2.45) is 13.0 Å². The Morgan fingerprint density at radius 1 is 1.29 bits per heavy atom. The van der Waals surface area contributed by atoms with Crippen LogP contribution in [0, 0.1) is 5.92 Å². The van der Waals surface area contributed by atoms with Crippen LogP contribution in [0.1, 0.15) is 46.1 Å². The molecule has 0 unspecified atom stereocenters. The van der Waals surface area contributed by atoms with Crippen molar-refractivity contribution >= 4 is 34.0 Å². The molecule has 1 aliphatic heterocycles. The van der Waals surface area contributed by atoms with Gasteiger partial charge in [-0.25, -0.2) is 4.98 Å². The number of ether oxygens (including phenoxy) is 1. The number of aryl methyl sites for hydroxylation is 2. The van der Waals surface area contributed by atoms with Crippen LogP contribution in [0.25, 0.3) is 0 Å². The van der Waals surface area contributed by atoms with Crippen molar-refractivity contribution in [3.63, 3.8) is 0 Å². The van der Waals surface area contributed by atoms with Crippen LogP contribution in [0.5, 0.6) is 0 Å². The van der Waals surface area contributed by atoms with Crippen LogP contribution in [0.3, 0.4) is 0 Å². The Hall–Kier alpha value is -2.43. The van der Waals surface area contributed by atoms with E-state index in [0.29, 0.717) is 34.7 Å². The van der Waals surface area contributed by atoms with E-state index in [0.717, 1.165) is 50.6 Å². The van der Waals surface area contributed by atoms with Gasteiger partial charge in [0, 0.05) is 44.3 Å². The van der Waals surface area contributed by atoms with Gasteiger partial charge < -0.3 is 20.4 Å². The van der Waals surface area contributed by atoms with E-state index in [9.17, 15) is 9.59 Å². The van der Waals surface area contributed by atoms with Gasteiger partial charge in [-0.15, -0.1) is 11.3 Å². The fraction of sp³-hybridized carbons (Fsp3) is 0.571. The highest BCUT2D eigenvalue weighted by Gasteiger charge is 2.21. The number of hydrogen-bond acceptors (Lipinski definition) is 7. The third-order valence-electron chi connectivity index (χ3n) is 5.16. The summed E-state index contributed by atoms with van der Waals surface area (Å²) in [5, 5.41) is 6.21. The number of nitrogens with zero attached hydrogens (tertiary/aromatic N) is 3. The largest absolute Gasteiger partial charge is 0.397 e. The predicted octanol–water partition coefficient (Wildman–Crippen LogP) is 1.97. The molecule has 2 aromatic rings. The zero-order valence-electron chi connectivity index (χ0n) is 18.4. The van der Waals surface area contributed by atoms with Crippen LogP contribution in [0.15, 0.2) is 12.3 Å². The van der Waals surface area contributed by atoms with Gasteiger partial charge in [-0.3, -0.25) is 19.8 Å². The van der Waals surface area contributed by atoms with Gasteiger partial charge in [-0.1, -0.05) is 13.8 Å². The summed E-state index contributed by atoms with van der Waals surface area (Å²) < 4.78 is 7.02. The number of rotatable bonds is 9. The number of morpholine rings is 1. The molecule has 0 radical (unpaired) electrons. The molecule has 31 heavy (non-hydrogen) atoms. The Balaban J connectivity index is 1.66. The molecule has 0 aliphatic carbocycles. The number of nitrogens with two attached hydrogens (primary N) is 1. The Labute approximate surface area is 187 Å². The van der Waals surface area contributed by atoms with Crippen LogP contribution in [-0.4, -0.2) is 65.7 Å². The van der Waals surface area contributed by atoms with Crippen molar-refractivity contribution < 1.29 is 14.3 Å². The zero-order valence-corrected chi connectivity index (χ0v) is 19.3. The molecule has 3 heterocycles. The van der Waals surface area contributed by atoms with Crippen molar-refractivity contribution in [1.29, 1.82) is 0 Å². The summed E-state index contributed by atoms with van der Waals surface area (Å²) >= 11 is 1.36. The highest BCUT2D eigenvalue weighted by Crippen LogP contribution is 2.26. The third-order valence-corrected chi connectivity index (χ3v) is 6.19. The Morgan fingerprint density at radius 2 is 2.03 bits per heavy atom. The molecule has 10 heteroatoms. The fourth-order valence-corrected chi connectivity index (χ4v) is 4.35. The second-order valence-electron chi connectivity index (χ2n) is 8.16. The number of aromatic nitrogens is 2. The maximum Gasteiger partial charge on any atom is 0.274 e. The van der Waals surface area contributed by atoms with Crippen molar-refractivity contribution in [3.8, 4) is 0 Å². The second-order valence-corrected chi connectivity index (χ2v) is 9.24. The SMILES string of the molecule is CC(C)CCc1sc(NC(=O)c2cc(N)cn2C)nc1C(=O)NCCN1CCOCC1. The van der Waals surface area contributed by atoms with E-state index in [-0.39, 0.29) is 11.8 Å². The van der Waals surface area contributed by atoms with Crippen LogP contribution in [-0.2, 0) is 18.2 Å². The lowest BCUT2D eigenvalue weighted by Crippen LogP contribution is -2.41. The highest BCUT2D eigenvalue weighted by molar-refractivity contribution is 7.16. The number of thiazole rings is 1. The minimum Gasteiger partial charge on any atom is -0.397 e. The molecule has 170 valence electrons. The molecule has 0 aromatic carbocycles. The van der Waals surface area contributed by atoms with Crippen LogP contribution in [0.4, 0.5) is 10.8 Å². The minimum atomic E-state index is -0.303. The zero-order chi connectivity index (χ0) is 22.4. The van der Waals surface area contributed by atoms with E-state index in [2.05, 4.69) is 34.4 Å². The maximum absolute atomic E-state index is 12.8. The maximum atomic E-state index is 12.8. The van der Waals surface area contributed by atoms with Gasteiger partial charge in [0.05, 0.1) is 18.9 Å². The molecule has 9 nitrogen and oxygen atoms in total. The van der Waals surface area contributed by atoms with Crippen molar-refractivity contribution in [2.45, 2.75) is 26.7 Å². The van der Waals surface area contributed by atoms with E-state index in [1.807, 2.05) is 0 Å². The summed E-state index contributed by atoms with van der Waals surface area (Å²) in [6.45, 7) is 8.84. The van der Waals surface area contributed by atoms with Gasteiger partial charge in [0.2, 0.25) is 0 Å². The van der Waals surface area contributed by atoms with Gasteiger partial charge in [0.1, 0.15) is 11.4 Å². The summed E-state index contributed by atoms with van der Waals surface area (Å²) in [5.41, 5.74) is 7.12. The molecule has 0 atom stereocenters. The topological polar surface area (TPSA) is 115 Å². The standard InChI is InChI=1S/C21H32N6O3S/c1-14(2)4-5-17-18(20(29)23-6-7-27-8-10-30-11-9-27)24-21(31-17)25-19(28)16-12-15(22)13-26(16)3/h12-14H,4-11,22H2,1-3H3,(H,23,29)(H,24,25,28). The molecule has 0 saturated carbocycles. The van der Waals surface area contributed by atoms with E-state index in [1.165, 1.54) is 11.3 Å². The summed E-state index contributed by atoms with van der Waals surface area (Å²) in [6, 6.07) is 1.61. The molecular formula is C21H32N6O3S. The molecule has 3 rings (SSSR count). The number of nitrogens with one attached hydrogen (secondary N) is 2. The molecule has 0 spiro atoms. The normalized spacial score (nSPS) is 14.7. The van der Waals surface area contributed by atoms with Crippen molar-refractivity contribution in [2.75, 3.05) is 50.4 Å². The van der Waals surface area contributed by atoms with Crippen molar-refractivity contribution in [1.82, 2.24) is 19.8 Å². The lowest BCUT2D eigenvalue weighted by Gasteiger charge is -2.26. The number of amides is 2. The average molecular weight is 449 g/mol. The fourth-order valence-electron chi connectivity index (χ4n) is 3.38. The third kappa shape index (κ3) is 6.52. The number of nitrogen functional groups attached to an aromatic ring is 1. The first-order valence-corrected chi connectivity index (χ1v) is 11.5. The average Bonchev–Trinajstić information content (AvgIpc) is 3.29. The lowest BCUT2D eigenvalue weighted by molar-refractivity contribution is 0.0383. The number of carbonyl (C=O) groups excluding carboxylic acids is 2. The first-order chi connectivity index (χ1) is 14.8. The molecule has 2 amide bonds. The molecule has 1 aliphatic rings. The van der Waals surface area contributed by atoms with E-state index >= 15 is 0 Å². The van der Waals surface area contributed by atoms with E-state index in [4.69, 9.17) is 10.5 Å². The predicted molar refractivity (Wildman–Crippen MR) is 123 cm³/mol. The van der Waals surface area contributed by atoms with Crippen LogP contribution >= 0.6 is 11.3 Å². The van der Waals surface area contributed by atoms with E-state index < -0.39 is 0 Å². The molecule has 1 saturated heterocycles. The summed E-state index contributed by atoms with van der Waals surface area (Å²) in [4.78, 5) is 33.1. The first-order valence-electron chi connectivity index (χ1n) is 10.6. The van der Waals surface area contributed by atoms with Crippen LogP contribution in [0.2, 0.25) is 0 Å². The number of anilines is 2. The van der Waals surface area contributed by atoms with Gasteiger partial charge >= 0.3 is 0 Å². The van der Waals surface area contributed by atoms with Gasteiger partial charge in [-0.2, -0.15) is 0 Å². The number of hydrogen-bond donors (Lipinski definition) is 3. The van der Waals surface area contributed by atoms with Gasteiger partial charge in [0.15, 0.2) is 5.13 Å². The molecule has 4 N–H and O–H groups in total. The summed E-state index contributed by atoms with van der Waals surface area (Å²) in [6.07, 6.45) is 3.37. The second kappa shape index (κ2) is 10.7. The lowest BCUT2D eigenvalue weighted by atomic mass is 10.1.